The average Bonchev–Trinajstić information content (AvgIpc) is 3.44. The number of aromatic nitrogens is 3. The zero-order valence-corrected chi connectivity index (χ0v) is 20.8. The Labute approximate surface area is 204 Å². The third-order valence-electron chi connectivity index (χ3n) is 6.03. The van der Waals surface area contributed by atoms with E-state index in [9.17, 15) is 9.59 Å². The van der Waals surface area contributed by atoms with Crippen LogP contribution in [0.1, 0.15) is 44.5 Å². The average molecular weight is 480 g/mol. The van der Waals surface area contributed by atoms with Crippen LogP contribution in [0.25, 0.3) is 15.7 Å². The van der Waals surface area contributed by atoms with Gasteiger partial charge in [-0.3, -0.25) is 18.9 Å². The van der Waals surface area contributed by atoms with Crippen molar-refractivity contribution in [3.63, 3.8) is 0 Å². The molecule has 3 heterocycles. The largest absolute Gasteiger partial charge is 0.354 e. The number of nitrogens with zero attached hydrogens (tertiary/aromatic N) is 4. The lowest BCUT2D eigenvalue weighted by atomic mass is 10.2. The van der Waals surface area contributed by atoms with Crippen molar-refractivity contribution in [1.29, 1.82) is 0 Å². The van der Waals surface area contributed by atoms with Gasteiger partial charge in [-0.15, -0.1) is 11.3 Å². The van der Waals surface area contributed by atoms with Crippen molar-refractivity contribution in [3.05, 3.63) is 69.6 Å². The number of hydrogen-bond donors (Lipinski definition) is 1. The molecule has 8 heteroatoms. The van der Waals surface area contributed by atoms with Gasteiger partial charge in [-0.05, 0) is 42.5 Å². The van der Waals surface area contributed by atoms with Crippen LogP contribution in [0.15, 0.2) is 52.6 Å². The van der Waals surface area contributed by atoms with Crippen molar-refractivity contribution in [1.82, 2.24) is 24.4 Å². The molecule has 3 aromatic heterocycles. The van der Waals surface area contributed by atoms with Crippen molar-refractivity contribution in [3.8, 4) is 0 Å². The Balaban J connectivity index is 1.34. The molecule has 7 nitrogen and oxygen atoms in total. The number of unbranched alkanes of at least 4 members (excludes halogenated alkanes) is 1. The minimum Gasteiger partial charge on any atom is -0.354 e. The van der Waals surface area contributed by atoms with Crippen LogP contribution in [0.3, 0.4) is 0 Å². The van der Waals surface area contributed by atoms with E-state index >= 15 is 0 Å². The molecule has 0 bridgehead atoms. The van der Waals surface area contributed by atoms with E-state index in [0.29, 0.717) is 18.5 Å². The molecular formula is C26H33N5O2S. The third kappa shape index (κ3) is 5.56. The van der Waals surface area contributed by atoms with Gasteiger partial charge in [0.1, 0.15) is 17.9 Å². The number of fused-ring (bicyclic) bond motifs is 3. The van der Waals surface area contributed by atoms with Gasteiger partial charge in [-0.1, -0.05) is 50.6 Å². The zero-order chi connectivity index (χ0) is 23.9. The highest BCUT2D eigenvalue weighted by molar-refractivity contribution is 7.17. The van der Waals surface area contributed by atoms with Gasteiger partial charge in [0.05, 0.1) is 10.2 Å². The molecule has 1 amide bonds. The fourth-order valence-electron chi connectivity index (χ4n) is 4.27. The van der Waals surface area contributed by atoms with Crippen LogP contribution in [0.4, 0.5) is 0 Å². The Bertz CT molecular complexity index is 1290. The number of carbonyl (C=O) groups is 1. The number of carbonyl (C=O) groups excluding carboxylic acids is 1. The predicted octanol–water partition coefficient (Wildman–Crippen LogP) is 4.08. The monoisotopic (exact) mass is 479 g/mol. The van der Waals surface area contributed by atoms with Crippen LogP contribution >= 0.6 is 11.3 Å². The van der Waals surface area contributed by atoms with E-state index in [2.05, 4.69) is 46.5 Å². The molecule has 0 radical (unpaired) electrons. The Morgan fingerprint density at radius 2 is 1.88 bits per heavy atom. The molecule has 0 aliphatic heterocycles. The van der Waals surface area contributed by atoms with Gasteiger partial charge >= 0.3 is 0 Å². The number of nitrogens with one attached hydrogen (secondary N) is 1. The summed E-state index contributed by atoms with van der Waals surface area (Å²) in [5.74, 6) is 0.598. The van der Waals surface area contributed by atoms with Crippen LogP contribution in [0.5, 0.6) is 0 Å². The van der Waals surface area contributed by atoms with Crippen molar-refractivity contribution < 1.29 is 4.79 Å². The molecule has 0 unspecified atom stereocenters. The first kappa shape index (κ1) is 24.2. The van der Waals surface area contributed by atoms with Gasteiger partial charge in [0.2, 0.25) is 5.91 Å². The van der Waals surface area contributed by atoms with Gasteiger partial charge in [-0.2, -0.15) is 5.10 Å². The summed E-state index contributed by atoms with van der Waals surface area (Å²) in [5.41, 5.74) is 2.65. The SMILES string of the molecule is CCCCN(CCCNC(=O)Cn1nc(CC)n2c(cc3sccc32)c1=O)Cc1ccccc1. The van der Waals surface area contributed by atoms with Crippen LogP contribution < -0.4 is 10.9 Å². The summed E-state index contributed by atoms with van der Waals surface area (Å²) in [5, 5.41) is 9.48. The second-order valence-corrected chi connectivity index (χ2v) is 9.53. The van der Waals surface area contributed by atoms with E-state index < -0.39 is 0 Å². The normalized spacial score (nSPS) is 11.6. The lowest BCUT2D eigenvalue weighted by Gasteiger charge is -2.22. The van der Waals surface area contributed by atoms with Gasteiger partial charge in [0.15, 0.2) is 0 Å². The van der Waals surface area contributed by atoms with Crippen molar-refractivity contribution in [2.24, 2.45) is 0 Å². The maximum Gasteiger partial charge on any atom is 0.291 e. The number of rotatable bonds is 12. The molecule has 0 spiro atoms. The number of thiophene rings is 1. The van der Waals surface area contributed by atoms with E-state index in [1.807, 2.05) is 34.9 Å². The van der Waals surface area contributed by atoms with Gasteiger partial charge in [-0.25, -0.2) is 4.68 Å². The second-order valence-electron chi connectivity index (χ2n) is 8.59. The summed E-state index contributed by atoms with van der Waals surface area (Å²) < 4.78 is 4.27. The highest BCUT2D eigenvalue weighted by atomic mass is 32.1. The quantitative estimate of drug-likeness (QED) is 0.311. The third-order valence-corrected chi connectivity index (χ3v) is 6.88. The van der Waals surface area contributed by atoms with Gasteiger partial charge in [0.25, 0.3) is 5.56 Å². The van der Waals surface area contributed by atoms with Crippen molar-refractivity contribution in [2.75, 3.05) is 19.6 Å². The number of hydrogen-bond acceptors (Lipinski definition) is 5. The Morgan fingerprint density at radius 1 is 1.09 bits per heavy atom. The van der Waals surface area contributed by atoms with Crippen molar-refractivity contribution >= 4 is 33.0 Å². The fourth-order valence-corrected chi connectivity index (χ4v) is 5.08. The maximum atomic E-state index is 13.0. The molecule has 0 fully saturated rings. The lowest BCUT2D eigenvalue weighted by Crippen LogP contribution is -2.36. The molecule has 0 saturated carbocycles. The molecular weight excluding hydrogens is 446 g/mol. The molecule has 4 aromatic rings. The van der Waals surface area contributed by atoms with Gasteiger partial charge in [0, 0.05) is 26.1 Å². The first-order valence-electron chi connectivity index (χ1n) is 12.1. The lowest BCUT2D eigenvalue weighted by molar-refractivity contribution is -0.121. The fraction of sp³-hybridized carbons (Fsp3) is 0.423. The first-order chi connectivity index (χ1) is 16.6. The van der Waals surface area contributed by atoms with E-state index in [1.165, 1.54) is 10.2 Å². The van der Waals surface area contributed by atoms with E-state index in [-0.39, 0.29) is 18.0 Å². The number of aryl methyl sites for hydroxylation is 1. The van der Waals surface area contributed by atoms with Crippen LogP contribution in [0.2, 0.25) is 0 Å². The number of benzene rings is 1. The van der Waals surface area contributed by atoms with Crippen LogP contribution in [-0.4, -0.2) is 44.6 Å². The molecule has 180 valence electrons. The van der Waals surface area contributed by atoms with E-state index in [1.54, 1.807) is 11.3 Å². The smallest absolute Gasteiger partial charge is 0.291 e. The molecule has 1 aromatic carbocycles. The second kappa shape index (κ2) is 11.4. The van der Waals surface area contributed by atoms with E-state index in [0.717, 1.165) is 54.9 Å². The Kier molecular flexibility index (Phi) is 8.13. The molecule has 0 atom stereocenters. The first-order valence-corrected chi connectivity index (χ1v) is 13.0. The molecule has 34 heavy (non-hydrogen) atoms. The van der Waals surface area contributed by atoms with Crippen molar-refractivity contribution in [2.45, 2.75) is 52.6 Å². The zero-order valence-electron chi connectivity index (χ0n) is 20.0. The summed E-state index contributed by atoms with van der Waals surface area (Å²) in [7, 11) is 0. The Hall–Kier alpha value is -2.97. The Morgan fingerprint density at radius 3 is 2.65 bits per heavy atom. The van der Waals surface area contributed by atoms with Crippen LogP contribution in [0, 0.1) is 0 Å². The van der Waals surface area contributed by atoms with Crippen LogP contribution in [-0.2, 0) is 24.3 Å². The minimum atomic E-state index is -0.232. The molecule has 0 aliphatic carbocycles. The molecule has 4 rings (SSSR count). The summed E-state index contributed by atoms with van der Waals surface area (Å²) in [4.78, 5) is 28.0. The summed E-state index contributed by atoms with van der Waals surface area (Å²) in [6, 6.07) is 14.4. The topological polar surface area (TPSA) is 71.6 Å². The minimum absolute atomic E-state index is 0.0648. The predicted molar refractivity (Wildman–Crippen MR) is 138 cm³/mol. The standard InChI is InChI=1S/C26H33N5O2S/c1-3-5-14-29(18-20-10-7-6-8-11-20)15-9-13-27-25(32)19-30-26(33)22-17-23-21(12-16-34-23)31(22)24(4-2)28-30/h6-8,10-12,16-17H,3-5,9,13-15,18-19H2,1-2H3,(H,27,32). The summed E-state index contributed by atoms with van der Waals surface area (Å²) in [6.07, 6.45) is 3.85. The summed E-state index contributed by atoms with van der Waals surface area (Å²) in [6.45, 7) is 7.61. The maximum absolute atomic E-state index is 13.0. The highest BCUT2D eigenvalue weighted by Crippen LogP contribution is 2.24. The van der Waals surface area contributed by atoms with Gasteiger partial charge < -0.3 is 5.32 Å². The van der Waals surface area contributed by atoms with E-state index in [4.69, 9.17) is 0 Å². The summed E-state index contributed by atoms with van der Waals surface area (Å²) >= 11 is 1.60. The molecule has 0 saturated heterocycles. The molecule has 1 N–H and O–H groups in total. The number of amides is 1. The highest BCUT2D eigenvalue weighted by Gasteiger charge is 2.16. The molecule has 0 aliphatic rings.